The number of halogens is 2. The van der Waals surface area contributed by atoms with Crippen molar-refractivity contribution in [2.45, 2.75) is 12.7 Å². The van der Waals surface area contributed by atoms with Crippen molar-refractivity contribution in [2.75, 3.05) is 13.2 Å². The molecule has 3 N–H and O–H groups in total. The number of aliphatic hydroxyl groups excluding tert-OH is 2. The van der Waals surface area contributed by atoms with Crippen molar-refractivity contribution in [1.29, 1.82) is 0 Å². The second kappa shape index (κ2) is 7.65. The lowest BCUT2D eigenvalue weighted by Gasteiger charge is -2.06. The molecule has 0 aliphatic heterocycles. The summed E-state index contributed by atoms with van der Waals surface area (Å²) in [5.41, 5.74) is -0.0617. The highest BCUT2D eigenvalue weighted by molar-refractivity contribution is 5.92. The molecule has 2 aromatic rings. The second-order valence-corrected chi connectivity index (χ2v) is 4.59. The van der Waals surface area contributed by atoms with Crippen molar-refractivity contribution in [3.63, 3.8) is 0 Å². The van der Waals surface area contributed by atoms with E-state index in [1.54, 1.807) is 0 Å². The van der Waals surface area contributed by atoms with Crippen LogP contribution >= 0.6 is 0 Å². The predicted octanol–water partition coefficient (Wildman–Crippen LogP) is 0.615. The van der Waals surface area contributed by atoms with Crippen LogP contribution in [0.3, 0.4) is 0 Å². The van der Waals surface area contributed by atoms with E-state index in [4.69, 9.17) is 19.5 Å². The zero-order valence-corrected chi connectivity index (χ0v) is 11.8. The van der Waals surface area contributed by atoms with Gasteiger partial charge >= 0.3 is 0 Å². The molecule has 0 fully saturated rings. The summed E-state index contributed by atoms with van der Waals surface area (Å²) < 4.78 is 36.1. The van der Waals surface area contributed by atoms with Crippen LogP contribution in [-0.4, -0.2) is 40.5 Å². The van der Waals surface area contributed by atoms with Crippen LogP contribution in [-0.2, 0) is 6.61 Å². The Morgan fingerprint density at radius 3 is 2.87 bits per heavy atom. The molecule has 1 heterocycles. The maximum absolute atomic E-state index is 13.4. The first-order valence-electron chi connectivity index (χ1n) is 6.60. The van der Waals surface area contributed by atoms with E-state index >= 15 is 0 Å². The van der Waals surface area contributed by atoms with Gasteiger partial charge in [0.2, 0.25) is 0 Å². The quantitative estimate of drug-likeness (QED) is 0.688. The summed E-state index contributed by atoms with van der Waals surface area (Å²) >= 11 is 0. The van der Waals surface area contributed by atoms with E-state index in [9.17, 15) is 13.6 Å². The minimum atomic E-state index is -1.07. The number of nitrogens with zero attached hydrogens (tertiary/aromatic N) is 1. The first-order chi connectivity index (χ1) is 11.0. The number of rotatable bonds is 7. The van der Waals surface area contributed by atoms with Crippen LogP contribution < -0.4 is 10.1 Å². The maximum Gasteiger partial charge on any atom is 0.273 e. The van der Waals surface area contributed by atoms with Gasteiger partial charge in [0.25, 0.3) is 5.91 Å². The lowest BCUT2D eigenvalue weighted by atomic mass is 10.3. The van der Waals surface area contributed by atoms with Crippen LogP contribution in [0.1, 0.15) is 16.2 Å². The Labute approximate surface area is 129 Å². The molecule has 0 radical (unpaired) electrons. The van der Waals surface area contributed by atoms with Gasteiger partial charge in [-0.15, -0.1) is 0 Å². The van der Waals surface area contributed by atoms with Crippen molar-refractivity contribution >= 4 is 5.91 Å². The summed E-state index contributed by atoms with van der Waals surface area (Å²) in [6.07, 6.45) is -1.07. The average Bonchev–Trinajstić information content (AvgIpc) is 3.00. The van der Waals surface area contributed by atoms with Crippen LogP contribution in [0.4, 0.5) is 8.78 Å². The topological polar surface area (TPSA) is 105 Å². The number of aliphatic hydroxyl groups is 2. The molecular formula is C14H14F2N2O5. The molecule has 0 aliphatic carbocycles. The number of nitrogens with one attached hydrogen (secondary N) is 1. The van der Waals surface area contributed by atoms with Crippen molar-refractivity contribution < 1.29 is 33.0 Å². The molecule has 9 heteroatoms. The summed E-state index contributed by atoms with van der Waals surface area (Å²) in [7, 11) is 0. The first-order valence-corrected chi connectivity index (χ1v) is 6.60. The van der Waals surface area contributed by atoms with Gasteiger partial charge in [0.05, 0.1) is 12.7 Å². The van der Waals surface area contributed by atoms with Gasteiger partial charge in [0, 0.05) is 18.7 Å². The average molecular weight is 328 g/mol. The first kappa shape index (κ1) is 16.8. The second-order valence-electron chi connectivity index (χ2n) is 4.59. The number of aromatic nitrogens is 1. The molecule has 7 nitrogen and oxygen atoms in total. The van der Waals surface area contributed by atoms with Gasteiger partial charge in [-0.05, 0) is 12.1 Å². The Bertz CT molecular complexity index is 677. The molecule has 0 spiro atoms. The largest absolute Gasteiger partial charge is 0.482 e. The molecule has 1 aromatic carbocycles. The third-order valence-corrected chi connectivity index (χ3v) is 2.76. The number of amides is 1. The fraction of sp³-hybridized carbons (Fsp3) is 0.286. The molecule has 124 valence electrons. The molecule has 0 saturated carbocycles. The number of hydrogen-bond donors (Lipinski definition) is 3. The molecule has 1 atom stereocenters. The summed E-state index contributed by atoms with van der Waals surface area (Å²) in [5.74, 6) is -2.21. The van der Waals surface area contributed by atoms with E-state index in [1.165, 1.54) is 6.07 Å². The summed E-state index contributed by atoms with van der Waals surface area (Å²) in [6.45, 7) is -0.835. The van der Waals surface area contributed by atoms with Gasteiger partial charge < -0.3 is 24.8 Å². The summed E-state index contributed by atoms with van der Waals surface area (Å²) in [4.78, 5) is 11.7. The molecule has 0 bridgehead atoms. The third-order valence-electron chi connectivity index (χ3n) is 2.76. The van der Waals surface area contributed by atoms with E-state index in [-0.39, 0.29) is 30.4 Å². The Hall–Kier alpha value is -2.52. The van der Waals surface area contributed by atoms with Crippen LogP contribution in [0, 0.1) is 11.6 Å². The van der Waals surface area contributed by atoms with E-state index in [2.05, 4.69) is 10.5 Å². The van der Waals surface area contributed by atoms with Crippen LogP contribution in [0.25, 0.3) is 0 Å². The van der Waals surface area contributed by atoms with E-state index in [1.807, 2.05) is 0 Å². The fourth-order valence-corrected chi connectivity index (χ4v) is 1.59. The monoisotopic (exact) mass is 328 g/mol. The van der Waals surface area contributed by atoms with Gasteiger partial charge in [-0.2, -0.15) is 0 Å². The summed E-state index contributed by atoms with van der Waals surface area (Å²) in [6, 6.07) is 4.14. The Balaban J connectivity index is 1.90. The lowest BCUT2D eigenvalue weighted by molar-refractivity contribution is 0.0796. The van der Waals surface area contributed by atoms with Gasteiger partial charge in [0.15, 0.2) is 23.0 Å². The smallest absolute Gasteiger partial charge is 0.273 e. The minimum absolute atomic E-state index is 0.0617. The Morgan fingerprint density at radius 2 is 2.17 bits per heavy atom. The van der Waals surface area contributed by atoms with Crippen LogP contribution in [0.5, 0.6) is 5.75 Å². The SMILES string of the molecule is O=C(NC[C@@H](O)CO)c1cc(COc2ccc(F)cc2F)on1. The van der Waals surface area contributed by atoms with Crippen LogP contribution in [0.2, 0.25) is 0 Å². The molecule has 0 aliphatic rings. The summed E-state index contributed by atoms with van der Waals surface area (Å²) in [5, 5.41) is 23.6. The fourth-order valence-electron chi connectivity index (χ4n) is 1.59. The van der Waals surface area contributed by atoms with E-state index in [0.29, 0.717) is 6.07 Å². The normalized spacial score (nSPS) is 12.0. The van der Waals surface area contributed by atoms with Gasteiger partial charge in [-0.25, -0.2) is 8.78 Å². The zero-order valence-electron chi connectivity index (χ0n) is 11.8. The lowest BCUT2D eigenvalue weighted by Crippen LogP contribution is -2.34. The number of carbonyl (C=O) groups excluding carboxylic acids is 1. The highest BCUT2D eigenvalue weighted by Crippen LogP contribution is 2.19. The molecule has 2 rings (SSSR count). The predicted molar refractivity (Wildman–Crippen MR) is 72.6 cm³/mol. The van der Waals surface area contributed by atoms with Gasteiger partial charge in [-0.3, -0.25) is 4.79 Å². The molecule has 23 heavy (non-hydrogen) atoms. The Morgan fingerprint density at radius 1 is 1.39 bits per heavy atom. The van der Waals surface area contributed by atoms with Crippen molar-refractivity contribution in [1.82, 2.24) is 10.5 Å². The Kier molecular flexibility index (Phi) is 5.61. The van der Waals surface area contributed by atoms with Crippen LogP contribution in [0.15, 0.2) is 28.8 Å². The molecular weight excluding hydrogens is 314 g/mol. The van der Waals surface area contributed by atoms with E-state index < -0.39 is 30.3 Å². The third kappa shape index (κ3) is 4.73. The highest BCUT2D eigenvalue weighted by atomic mass is 19.1. The van der Waals surface area contributed by atoms with Crippen molar-refractivity contribution in [2.24, 2.45) is 0 Å². The maximum atomic E-state index is 13.4. The van der Waals surface area contributed by atoms with Gasteiger partial charge in [-0.1, -0.05) is 5.16 Å². The number of benzene rings is 1. The molecule has 1 aromatic heterocycles. The zero-order chi connectivity index (χ0) is 16.8. The number of ether oxygens (including phenoxy) is 1. The van der Waals surface area contributed by atoms with Crippen molar-refractivity contribution in [3.8, 4) is 5.75 Å². The number of hydrogen-bond acceptors (Lipinski definition) is 6. The molecule has 0 saturated heterocycles. The van der Waals surface area contributed by atoms with E-state index in [0.717, 1.165) is 12.1 Å². The molecule has 1 amide bonds. The minimum Gasteiger partial charge on any atom is -0.482 e. The van der Waals surface area contributed by atoms with Crippen molar-refractivity contribution in [3.05, 3.63) is 47.4 Å². The highest BCUT2D eigenvalue weighted by Gasteiger charge is 2.14. The standard InChI is InChI=1S/C14H14F2N2O5/c15-8-1-2-13(11(16)3-8)22-7-10-4-12(18-23-10)14(21)17-5-9(20)6-19/h1-4,9,19-20H,5-7H2,(H,17,21)/t9-/m1/s1. The van der Waals surface area contributed by atoms with Gasteiger partial charge in [0.1, 0.15) is 12.4 Å². The molecule has 0 unspecified atom stereocenters. The number of carbonyl (C=O) groups is 1.